The molecule has 5 saturated carbocycles. The quantitative estimate of drug-likeness (QED) is 0.302. The average Bonchev–Trinajstić information content (AvgIpc) is 3.65. The molecule has 4 N–H and O–H groups in total. The van der Waals surface area contributed by atoms with Crippen LogP contribution in [0.4, 0.5) is 0 Å². The zero-order valence-corrected chi connectivity index (χ0v) is 28.4. The number of hydrogen-bond acceptors (Lipinski definition) is 5. The second-order valence-corrected chi connectivity index (χ2v) is 17.3. The molecule has 1 heterocycles. The third kappa shape index (κ3) is 4.46. The molecule has 0 unspecified atom stereocenters. The van der Waals surface area contributed by atoms with Crippen LogP contribution < -0.4 is 5.32 Å². The van der Waals surface area contributed by atoms with Crippen LogP contribution in [0.15, 0.2) is 12.2 Å². The number of aliphatic hydroxyl groups excluding tert-OH is 2. The van der Waals surface area contributed by atoms with Gasteiger partial charge in [0, 0.05) is 12.0 Å². The smallest absolute Gasteiger partial charge is 0.326 e. The van der Waals surface area contributed by atoms with E-state index in [0.29, 0.717) is 31.2 Å². The Morgan fingerprint density at radius 2 is 1.62 bits per heavy atom. The molecule has 0 aromatic rings. The molecule has 0 aromatic heterocycles. The Bertz CT molecular complexity index is 1250. The van der Waals surface area contributed by atoms with Crippen molar-refractivity contribution in [1.82, 2.24) is 10.2 Å². The van der Waals surface area contributed by atoms with E-state index in [0.717, 1.165) is 69.8 Å². The van der Waals surface area contributed by atoms with E-state index in [1.807, 2.05) is 0 Å². The van der Waals surface area contributed by atoms with E-state index < -0.39 is 28.9 Å². The largest absolute Gasteiger partial charge is 0.480 e. The minimum atomic E-state index is -0.977. The molecule has 8 heteroatoms. The highest BCUT2D eigenvalue weighted by Crippen LogP contribution is 2.77. The van der Waals surface area contributed by atoms with Gasteiger partial charge >= 0.3 is 5.97 Å². The molecule has 0 radical (unpaired) electrons. The van der Waals surface area contributed by atoms with Crippen LogP contribution in [0.3, 0.4) is 0 Å². The molecule has 252 valence electrons. The summed E-state index contributed by atoms with van der Waals surface area (Å²) >= 11 is 0. The molecule has 6 aliphatic rings. The van der Waals surface area contributed by atoms with E-state index in [2.05, 4.69) is 46.5 Å². The monoisotopic (exact) mass is 626 g/mol. The molecule has 5 aliphatic carbocycles. The van der Waals surface area contributed by atoms with Crippen molar-refractivity contribution in [2.75, 3.05) is 19.7 Å². The van der Waals surface area contributed by atoms with Gasteiger partial charge in [0.05, 0.1) is 24.7 Å². The van der Waals surface area contributed by atoms with Gasteiger partial charge in [-0.1, -0.05) is 39.8 Å². The lowest BCUT2D eigenvalue weighted by atomic mass is 9.32. The molecule has 6 fully saturated rings. The first-order valence-corrected chi connectivity index (χ1v) is 17.9. The van der Waals surface area contributed by atoms with E-state index in [4.69, 9.17) is 0 Å². The fourth-order valence-electron chi connectivity index (χ4n) is 13.3. The van der Waals surface area contributed by atoms with Gasteiger partial charge in [-0.2, -0.15) is 0 Å². The number of carbonyl (C=O) groups is 3. The van der Waals surface area contributed by atoms with E-state index in [-0.39, 0.29) is 59.0 Å². The summed E-state index contributed by atoms with van der Waals surface area (Å²) < 4.78 is 0. The van der Waals surface area contributed by atoms with Gasteiger partial charge in [0.2, 0.25) is 11.8 Å². The summed E-state index contributed by atoms with van der Waals surface area (Å²) in [6.45, 7) is 16.5. The van der Waals surface area contributed by atoms with E-state index in [1.54, 1.807) is 0 Å². The minimum absolute atomic E-state index is 0.0228. The fourth-order valence-corrected chi connectivity index (χ4v) is 13.3. The Kier molecular flexibility index (Phi) is 8.11. The van der Waals surface area contributed by atoms with Crippen LogP contribution in [0.2, 0.25) is 0 Å². The van der Waals surface area contributed by atoms with Crippen molar-refractivity contribution in [3.05, 3.63) is 12.2 Å². The van der Waals surface area contributed by atoms with Crippen molar-refractivity contribution >= 4 is 17.8 Å². The van der Waals surface area contributed by atoms with Gasteiger partial charge < -0.3 is 25.5 Å². The molecule has 2 amide bonds. The Balaban J connectivity index is 1.28. The van der Waals surface area contributed by atoms with Crippen LogP contribution in [-0.2, 0) is 14.4 Å². The molecule has 1 aliphatic heterocycles. The van der Waals surface area contributed by atoms with Crippen LogP contribution >= 0.6 is 0 Å². The first-order chi connectivity index (χ1) is 21.1. The van der Waals surface area contributed by atoms with Crippen molar-refractivity contribution in [2.24, 2.45) is 56.7 Å². The Hall–Kier alpha value is -1.93. The van der Waals surface area contributed by atoms with Crippen molar-refractivity contribution < 1.29 is 29.7 Å². The summed E-state index contributed by atoms with van der Waals surface area (Å²) in [5.41, 5.74) is 0.319. The molecule has 6 rings (SSSR count). The number of carboxylic acids is 1. The number of allylic oxidation sites excluding steroid dienone is 1. The van der Waals surface area contributed by atoms with Gasteiger partial charge in [0.25, 0.3) is 0 Å². The number of carbonyl (C=O) groups excluding carboxylic acids is 2. The van der Waals surface area contributed by atoms with Gasteiger partial charge in [0.1, 0.15) is 6.04 Å². The number of rotatable bonds is 6. The highest BCUT2D eigenvalue weighted by atomic mass is 16.4. The van der Waals surface area contributed by atoms with Crippen LogP contribution in [0.5, 0.6) is 0 Å². The molecular weight excluding hydrogens is 568 g/mol. The van der Waals surface area contributed by atoms with E-state index in [9.17, 15) is 29.7 Å². The average molecular weight is 627 g/mol. The number of nitrogens with zero attached hydrogens (tertiary/aromatic N) is 1. The Morgan fingerprint density at radius 1 is 0.889 bits per heavy atom. The van der Waals surface area contributed by atoms with E-state index in [1.165, 1.54) is 4.90 Å². The van der Waals surface area contributed by atoms with Gasteiger partial charge in [-0.3, -0.25) is 9.59 Å². The first kappa shape index (κ1) is 33.0. The Labute approximate surface area is 269 Å². The number of amides is 2. The number of fused-ring (bicyclic) bond motifs is 7. The molecule has 0 bridgehead atoms. The maximum Gasteiger partial charge on any atom is 0.326 e. The maximum absolute atomic E-state index is 14.3. The lowest BCUT2D eigenvalue weighted by Gasteiger charge is -2.73. The van der Waals surface area contributed by atoms with Gasteiger partial charge in [0.15, 0.2) is 0 Å². The van der Waals surface area contributed by atoms with Gasteiger partial charge in [-0.15, -0.1) is 0 Å². The van der Waals surface area contributed by atoms with Crippen molar-refractivity contribution in [2.45, 2.75) is 124 Å². The lowest BCUT2D eigenvalue weighted by Crippen LogP contribution is -2.68. The number of likely N-dealkylation sites (tertiary alicyclic amines) is 1. The van der Waals surface area contributed by atoms with Crippen LogP contribution in [0.1, 0.15) is 112 Å². The lowest BCUT2D eigenvalue weighted by molar-refractivity contribution is -0.252. The normalized spacial score (nSPS) is 48.9. The van der Waals surface area contributed by atoms with Crippen molar-refractivity contribution in [3.8, 4) is 0 Å². The van der Waals surface area contributed by atoms with Gasteiger partial charge in [-0.25, -0.2) is 4.79 Å². The summed E-state index contributed by atoms with van der Waals surface area (Å²) in [4.78, 5) is 40.6. The summed E-state index contributed by atoms with van der Waals surface area (Å²) in [6, 6.07) is -0.800. The second-order valence-electron chi connectivity index (χ2n) is 17.3. The predicted molar refractivity (Wildman–Crippen MR) is 172 cm³/mol. The van der Waals surface area contributed by atoms with Crippen LogP contribution in [0, 0.1) is 56.7 Å². The number of nitrogens with one attached hydrogen (secondary N) is 1. The third-order valence-electron chi connectivity index (χ3n) is 15.9. The Morgan fingerprint density at radius 3 is 2.29 bits per heavy atom. The van der Waals surface area contributed by atoms with E-state index >= 15 is 0 Å². The SMILES string of the molecule is C=C(C)[C@@H]1CC[C@]2(C(=O)NCC(=O)N3CCC[C@H]3C(=O)O)CC[C@]3(C)[C@H](CC[C@@H]4[C@@]5(C)CC[C@H](O)[C@@](C)(CO)[C@@H]5CC[C@]43C)[C@@H]12. The molecule has 45 heavy (non-hydrogen) atoms. The minimum Gasteiger partial charge on any atom is -0.480 e. The molecule has 0 spiro atoms. The number of hydrogen-bond donors (Lipinski definition) is 4. The number of carboxylic acid groups (broad SMARTS) is 1. The van der Waals surface area contributed by atoms with Crippen molar-refractivity contribution in [1.29, 1.82) is 0 Å². The third-order valence-corrected chi connectivity index (χ3v) is 15.9. The summed E-state index contributed by atoms with van der Waals surface area (Å²) in [5, 5.41) is 34.2. The maximum atomic E-state index is 14.3. The highest BCUT2D eigenvalue weighted by Gasteiger charge is 2.72. The summed E-state index contributed by atoms with van der Waals surface area (Å²) in [5.74, 6) is 0.273. The second kappa shape index (κ2) is 11.1. The van der Waals surface area contributed by atoms with Crippen LogP contribution in [-0.4, -0.2) is 69.8 Å². The standard InChI is InChI=1S/C37H58N2O6/c1-22(2)23-11-16-37(32(45)38-20-29(42)39-19-7-8-25(39)31(43)44)18-17-35(5)24(30(23)37)9-10-27-33(3)14-13-28(41)34(4,21-40)26(33)12-15-36(27,35)6/h23-28,30,40-41H,1,7-21H2,2-6H3,(H,38,45)(H,43,44)/t23-,24+,25-,26+,27+,28-,30+,33-,34-,35+,36+,37-/m0/s1. The molecule has 0 aromatic carbocycles. The molecule has 8 nitrogen and oxygen atoms in total. The van der Waals surface area contributed by atoms with Crippen LogP contribution in [0.25, 0.3) is 0 Å². The fraction of sp³-hybridized carbons (Fsp3) is 0.865. The zero-order valence-electron chi connectivity index (χ0n) is 28.4. The topological polar surface area (TPSA) is 127 Å². The molecule has 12 atom stereocenters. The first-order valence-electron chi connectivity index (χ1n) is 17.9. The highest BCUT2D eigenvalue weighted by molar-refractivity contribution is 5.90. The van der Waals surface area contributed by atoms with Crippen molar-refractivity contribution in [3.63, 3.8) is 0 Å². The summed E-state index contributed by atoms with van der Waals surface area (Å²) in [6.07, 6.45) is 10.2. The zero-order chi connectivity index (χ0) is 32.7. The summed E-state index contributed by atoms with van der Waals surface area (Å²) in [7, 11) is 0. The predicted octanol–water partition coefficient (Wildman–Crippen LogP) is 5.17. The molecule has 1 saturated heterocycles. The number of aliphatic hydroxyl groups is 2. The number of aliphatic carboxylic acids is 1. The van der Waals surface area contributed by atoms with Gasteiger partial charge in [-0.05, 0) is 130 Å². The molecular formula is C37H58N2O6.